The van der Waals surface area contributed by atoms with E-state index in [1.54, 1.807) is 13.2 Å². The van der Waals surface area contributed by atoms with E-state index in [2.05, 4.69) is 29.8 Å². The molecule has 3 nitrogen and oxygen atoms in total. The molecule has 1 amide bonds. The summed E-state index contributed by atoms with van der Waals surface area (Å²) in [6.07, 6.45) is 5.62. The summed E-state index contributed by atoms with van der Waals surface area (Å²) in [7, 11) is 1.64. The fraction of sp³-hybridized carbons (Fsp3) is 0.471. The molecule has 0 aromatic heterocycles. The van der Waals surface area contributed by atoms with Gasteiger partial charge in [0.25, 0.3) is 0 Å². The Kier molecular flexibility index (Phi) is 5.45. The van der Waals surface area contributed by atoms with Gasteiger partial charge in [-0.25, -0.2) is 0 Å². The Morgan fingerprint density at radius 1 is 1.52 bits per heavy atom. The van der Waals surface area contributed by atoms with Gasteiger partial charge in [0, 0.05) is 28.7 Å². The molecule has 0 unspecified atom stereocenters. The maximum atomic E-state index is 12.4. The van der Waals surface area contributed by atoms with Crippen molar-refractivity contribution in [2.75, 3.05) is 13.7 Å². The second kappa shape index (κ2) is 7.12. The van der Waals surface area contributed by atoms with Gasteiger partial charge in [-0.15, -0.1) is 0 Å². The van der Waals surface area contributed by atoms with Crippen molar-refractivity contribution >= 4 is 27.9 Å². The molecule has 0 N–H and O–H groups in total. The standard InChI is InChI=1S/C17H22BrNO2/c1-4-15-9-12(2)11-19(15)17(20)8-5-13-10-14(18)6-7-16(13)21-3/h5-8,10,12,15H,4,9,11H2,1-3H3/b8-5+/t12-,15+/m0/s1. The minimum atomic E-state index is 0.0910. The average Bonchev–Trinajstić information content (AvgIpc) is 2.86. The van der Waals surface area contributed by atoms with E-state index in [9.17, 15) is 4.79 Å². The first-order valence-electron chi connectivity index (χ1n) is 7.37. The number of carbonyl (C=O) groups excluding carboxylic acids is 1. The summed E-state index contributed by atoms with van der Waals surface area (Å²) in [5, 5.41) is 0. The normalized spacial score (nSPS) is 22.0. The van der Waals surface area contributed by atoms with Gasteiger partial charge in [-0.1, -0.05) is 29.8 Å². The number of benzene rings is 1. The molecule has 1 aliphatic heterocycles. The van der Waals surface area contributed by atoms with E-state index in [0.29, 0.717) is 12.0 Å². The molecule has 4 heteroatoms. The molecule has 1 heterocycles. The summed E-state index contributed by atoms with van der Waals surface area (Å²) in [6.45, 7) is 5.21. The molecule has 2 atom stereocenters. The zero-order chi connectivity index (χ0) is 15.4. The van der Waals surface area contributed by atoms with Crippen LogP contribution in [0.25, 0.3) is 6.08 Å². The number of amides is 1. The Labute approximate surface area is 135 Å². The van der Waals surface area contributed by atoms with Crippen LogP contribution in [-0.4, -0.2) is 30.5 Å². The Bertz CT molecular complexity index is 542. The minimum absolute atomic E-state index is 0.0910. The van der Waals surface area contributed by atoms with E-state index in [1.807, 2.05) is 29.2 Å². The summed E-state index contributed by atoms with van der Waals surface area (Å²) >= 11 is 3.44. The van der Waals surface area contributed by atoms with Crippen LogP contribution >= 0.6 is 15.9 Å². The molecule has 1 fully saturated rings. The lowest BCUT2D eigenvalue weighted by Gasteiger charge is -2.22. The van der Waals surface area contributed by atoms with Crippen LogP contribution in [0.15, 0.2) is 28.7 Å². The molecule has 1 aliphatic rings. The van der Waals surface area contributed by atoms with Crippen molar-refractivity contribution in [1.29, 1.82) is 0 Å². The van der Waals surface area contributed by atoms with Crippen molar-refractivity contribution in [3.05, 3.63) is 34.3 Å². The second-order valence-corrected chi connectivity index (χ2v) is 6.53. The second-order valence-electron chi connectivity index (χ2n) is 5.61. The Hall–Kier alpha value is -1.29. The SMILES string of the molecule is CC[C@@H]1C[C@H](C)CN1C(=O)/C=C/c1cc(Br)ccc1OC. The molecular weight excluding hydrogens is 330 g/mol. The lowest BCUT2D eigenvalue weighted by atomic mass is 10.1. The number of carbonyl (C=O) groups is 1. The first-order chi connectivity index (χ1) is 10.0. The van der Waals surface area contributed by atoms with Crippen LogP contribution in [0, 0.1) is 5.92 Å². The molecule has 21 heavy (non-hydrogen) atoms. The molecule has 2 rings (SSSR count). The van der Waals surface area contributed by atoms with Crippen molar-refractivity contribution in [2.24, 2.45) is 5.92 Å². The van der Waals surface area contributed by atoms with E-state index in [1.165, 1.54) is 0 Å². The van der Waals surface area contributed by atoms with Gasteiger partial charge in [0.1, 0.15) is 5.75 Å². The summed E-state index contributed by atoms with van der Waals surface area (Å²) in [5.41, 5.74) is 0.903. The Balaban J connectivity index is 2.14. The van der Waals surface area contributed by atoms with Gasteiger partial charge in [0.15, 0.2) is 0 Å². The first-order valence-corrected chi connectivity index (χ1v) is 8.16. The van der Waals surface area contributed by atoms with Crippen molar-refractivity contribution in [3.8, 4) is 5.75 Å². The highest BCUT2D eigenvalue weighted by Crippen LogP contribution is 2.27. The van der Waals surface area contributed by atoms with Gasteiger partial charge in [-0.3, -0.25) is 4.79 Å². The van der Waals surface area contributed by atoms with Crippen LogP contribution in [0.4, 0.5) is 0 Å². The fourth-order valence-corrected chi connectivity index (χ4v) is 3.28. The van der Waals surface area contributed by atoms with E-state index in [4.69, 9.17) is 4.74 Å². The van der Waals surface area contributed by atoms with E-state index >= 15 is 0 Å². The zero-order valence-corrected chi connectivity index (χ0v) is 14.4. The monoisotopic (exact) mass is 351 g/mol. The summed E-state index contributed by atoms with van der Waals surface area (Å²) in [6, 6.07) is 6.14. The topological polar surface area (TPSA) is 29.5 Å². The van der Waals surface area contributed by atoms with E-state index < -0.39 is 0 Å². The van der Waals surface area contributed by atoms with Gasteiger partial charge in [-0.2, -0.15) is 0 Å². The molecule has 0 aliphatic carbocycles. The number of halogens is 1. The van der Waals surface area contributed by atoms with Crippen molar-refractivity contribution < 1.29 is 9.53 Å². The fourth-order valence-electron chi connectivity index (χ4n) is 2.90. The summed E-state index contributed by atoms with van der Waals surface area (Å²) in [4.78, 5) is 14.4. The third kappa shape index (κ3) is 3.88. The summed E-state index contributed by atoms with van der Waals surface area (Å²) in [5.74, 6) is 1.45. The van der Waals surface area contributed by atoms with Gasteiger partial charge in [-0.05, 0) is 43.0 Å². The van der Waals surface area contributed by atoms with Crippen LogP contribution in [-0.2, 0) is 4.79 Å². The van der Waals surface area contributed by atoms with Crippen LogP contribution in [0.3, 0.4) is 0 Å². The molecule has 0 bridgehead atoms. The van der Waals surface area contributed by atoms with E-state index in [-0.39, 0.29) is 5.91 Å². The number of rotatable bonds is 4. The van der Waals surface area contributed by atoms with Crippen LogP contribution in [0.1, 0.15) is 32.3 Å². The Morgan fingerprint density at radius 2 is 2.29 bits per heavy atom. The molecule has 0 spiro atoms. The highest BCUT2D eigenvalue weighted by Gasteiger charge is 2.30. The maximum Gasteiger partial charge on any atom is 0.246 e. The largest absolute Gasteiger partial charge is 0.496 e. The lowest BCUT2D eigenvalue weighted by Crippen LogP contribution is -2.33. The Morgan fingerprint density at radius 3 is 2.95 bits per heavy atom. The summed E-state index contributed by atoms with van der Waals surface area (Å²) < 4.78 is 6.29. The van der Waals surface area contributed by atoms with Gasteiger partial charge < -0.3 is 9.64 Å². The molecule has 1 aromatic rings. The number of likely N-dealkylation sites (tertiary alicyclic amines) is 1. The number of nitrogens with zero attached hydrogens (tertiary/aromatic N) is 1. The average molecular weight is 352 g/mol. The third-order valence-electron chi connectivity index (χ3n) is 3.98. The van der Waals surface area contributed by atoms with Gasteiger partial charge in [0.2, 0.25) is 5.91 Å². The molecule has 0 saturated carbocycles. The molecule has 1 aromatic carbocycles. The lowest BCUT2D eigenvalue weighted by molar-refractivity contribution is -0.126. The molecule has 1 saturated heterocycles. The number of methoxy groups -OCH3 is 1. The molecule has 114 valence electrons. The maximum absolute atomic E-state index is 12.4. The highest BCUT2D eigenvalue weighted by atomic mass is 79.9. The number of hydrogen-bond acceptors (Lipinski definition) is 2. The van der Waals surface area contributed by atoms with Crippen LogP contribution in [0.2, 0.25) is 0 Å². The first kappa shape index (κ1) is 16.1. The van der Waals surface area contributed by atoms with E-state index in [0.717, 1.165) is 35.2 Å². The van der Waals surface area contributed by atoms with Crippen LogP contribution in [0.5, 0.6) is 5.75 Å². The van der Waals surface area contributed by atoms with Gasteiger partial charge >= 0.3 is 0 Å². The zero-order valence-electron chi connectivity index (χ0n) is 12.8. The minimum Gasteiger partial charge on any atom is -0.496 e. The molecule has 0 radical (unpaired) electrons. The smallest absolute Gasteiger partial charge is 0.246 e. The van der Waals surface area contributed by atoms with Crippen molar-refractivity contribution in [1.82, 2.24) is 4.90 Å². The third-order valence-corrected chi connectivity index (χ3v) is 4.47. The predicted molar refractivity (Wildman–Crippen MR) is 89.3 cm³/mol. The van der Waals surface area contributed by atoms with Gasteiger partial charge in [0.05, 0.1) is 7.11 Å². The highest BCUT2D eigenvalue weighted by molar-refractivity contribution is 9.10. The molecular formula is C17H22BrNO2. The predicted octanol–water partition coefficient (Wildman–Crippen LogP) is 4.12. The number of hydrogen-bond donors (Lipinski definition) is 0. The number of ether oxygens (including phenoxy) is 1. The van der Waals surface area contributed by atoms with Crippen molar-refractivity contribution in [3.63, 3.8) is 0 Å². The quantitative estimate of drug-likeness (QED) is 0.763. The van der Waals surface area contributed by atoms with Crippen molar-refractivity contribution in [2.45, 2.75) is 32.7 Å². The van der Waals surface area contributed by atoms with Crippen LogP contribution < -0.4 is 4.74 Å².